The van der Waals surface area contributed by atoms with Crippen molar-refractivity contribution in [3.05, 3.63) is 47.3 Å². The van der Waals surface area contributed by atoms with Crippen LogP contribution in [0.25, 0.3) is 0 Å². The second-order valence-corrected chi connectivity index (χ2v) is 4.09. The summed E-state index contributed by atoms with van der Waals surface area (Å²) >= 11 is 0. The zero-order valence-corrected chi connectivity index (χ0v) is 8.62. The summed E-state index contributed by atoms with van der Waals surface area (Å²) in [5.74, 6) is -0.190. The second-order valence-electron chi connectivity index (χ2n) is 4.09. The quantitative estimate of drug-likeness (QED) is 0.738. The van der Waals surface area contributed by atoms with Gasteiger partial charge in [0.25, 0.3) is 0 Å². The van der Waals surface area contributed by atoms with Crippen molar-refractivity contribution in [2.24, 2.45) is 0 Å². The van der Waals surface area contributed by atoms with Gasteiger partial charge in [-0.25, -0.2) is 4.39 Å². The lowest BCUT2D eigenvalue weighted by atomic mass is 9.93. The summed E-state index contributed by atoms with van der Waals surface area (Å²) in [6.45, 7) is 0. The monoisotopic (exact) mass is 206 g/mol. The van der Waals surface area contributed by atoms with Gasteiger partial charge in [-0.1, -0.05) is 23.8 Å². The third-order valence-corrected chi connectivity index (χ3v) is 2.75. The van der Waals surface area contributed by atoms with Gasteiger partial charge >= 0.3 is 0 Å². The lowest BCUT2D eigenvalue weighted by Gasteiger charge is -2.17. The predicted octanol–water partition coefficient (Wildman–Crippen LogP) is 2.84. The van der Waals surface area contributed by atoms with Gasteiger partial charge in [0.15, 0.2) is 0 Å². The fourth-order valence-corrected chi connectivity index (χ4v) is 2.03. The highest BCUT2D eigenvalue weighted by Crippen LogP contribution is 2.21. The van der Waals surface area contributed by atoms with Crippen LogP contribution < -0.4 is 0 Å². The molecule has 0 saturated carbocycles. The molecule has 0 aliphatic heterocycles. The molecule has 1 nitrogen and oxygen atoms in total. The van der Waals surface area contributed by atoms with Crippen molar-refractivity contribution in [3.8, 4) is 0 Å². The van der Waals surface area contributed by atoms with Crippen molar-refractivity contribution < 1.29 is 9.50 Å². The summed E-state index contributed by atoms with van der Waals surface area (Å²) in [5.41, 5.74) is 2.20. The molecule has 1 aliphatic carbocycles. The molecule has 1 aliphatic rings. The van der Waals surface area contributed by atoms with Crippen LogP contribution in [0.4, 0.5) is 4.39 Å². The predicted molar refractivity (Wildman–Crippen MR) is 58.0 cm³/mol. The van der Waals surface area contributed by atoms with E-state index in [2.05, 4.69) is 0 Å². The van der Waals surface area contributed by atoms with Gasteiger partial charge in [0, 0.05) is 0 Å². The molecule has 80 valence electrons. The average molecular weight is 206 g/mol. The van der Waals surface area contributed by atoms with E-state index in [0.29, 0.717) is 0 Å². The highest BCUT2D eigenvalue weighted by molar-refractivity contribution is 5.24. The van der Waals surface area contributed by atoms with Crippen LogP contribution in [0.2, 0.25) is 0 Å². The molecule has 0 saturated heterocycles. The van der Waals surface area contributed by atoms with E-state index in [1.54, 1.807) is 12.1 Å². The average Bonchev–Trinajstić information content (AvgIpc) is 2.17. The highest BCUT2D eigenvalue weighted by atomic mass is 19.1. The van der Waals surface area contributed by atoms with Gasteiger partial charge in [-0.2, -0.15) is 0 Å². The number of aliphatic hydroxyl groups is 1. The van der Waals surface area contributed by atoms with Gasteiger partial charge in [-0.3, -0.25) is 0 Å². The van der Waals surface area contributed by atoms with E-state index in [1.807, 2.05) is 12.1 Å². The molecule has 0 spiro atoms. The molecule has 2 heteroatoms. The fraction of sp³-hybridized carbons (Fsp3) is 0.385. The third-order valence-electron chi connectivity index (χ3n) is 2.75. The van der Waals surface area contributed by atoms with E-state index in [4.69, 9.17) is 0 Å². The van der Waals surface area contributed by atoms with Gasteiger partial charge in [0.1, 0.15) is 5.82 Å². The number of hydrogen-bond acceptors (Lipinski definition) is 1. The van der Waals surface area contributed by atoms with Crippen LogP contribution in [0.5, 0.6) is 0 Å². The molecular weight excluding hydrogens is 191 g/mol. The minimum atomic E-state index is -0.303. The van der Waals surface area contributed by atoms with Crippen molar-refractivity contribution in [3.63, 3.8) is 0 Å². The van der Waals surface area contributed by atoms with Gasteiger partial charge in [0.2, 0.25) is 0 Å². The van der Waals surface area contributed by atoms with Crippen LogP contribution in [0.15, 0.2) is 35.9 Å². The second kappa shape index (κ2) is 4.58. The third kappa shape index (κ3) is 2.90. The Morgan fingerprint density at radius 1 is 1.40 bits per heavy atom. The van der Waals surface area contributed by atoms with Gasteiger partial charge < -0.3 is 5.11 Å². The lowest BCUT2D eigenvalue weighted by molar-refractivity contribution is 0.202. The highest BCUT2D eigenvalue weighted by Gasteiger charge is 2.11. The van der Waals surface area contributed by atoms with E-state index < -0.39 is 0 Å². The maximum absolute atomic E-state index is 12.9. The molecule has 1 atom stereocenters. The smallest absolute Gasteiger partial charge is 0.123 e. The van der Waals surface area contributed by atoms with Crippen molar-refractivity contribution in [1.29, 1.82) is 0 Å². The molecular formula is C13H15FO. The fourth-order valence-electron chi connectivity index (χ4n) is 2.03. The Kier molecular flexibility index (Phi) is 3.17. The zero-order valence-electron chi connectivity index (χ0n) is 8.62. The SMILES string of the molecule is OC1C=C(Cc2cccc(F)c2)CCC1. The Morgan fingerprint density at radius 2 is 2.27 bits per heavy atom. The maximum atomic E-state index is 12.9. The van der Waals surface area contributed by atoms with Crippen LogP contribution in [0.3, 0.4) is 0 Å². The molecule has 15 heavy (non-hydrogen) atoms. The van der Waals surface area contributed by atoms with Crippen molar-refractivity contribution in [1.82, 2.24) is 0 Å². The summed E-state index contributed by atoms with van der Waals surface area (Å²) in [5, 5.41) is 9.46. The molecule has 0 radical (unpaired) electrons. The van der Waals surface area contributed by atoms with Crippen LogP contribution in [0, 0.1) is 5.82 Å². The summed E-state index contributed by atoms with van der Waals surface area (Å²) in [6.07, 6.45) is 5.27. The molecule has 1 N–H and O–H groups in total. The van der Waals surface area contributed by atoms with Crippen molar-refractivity contribution in [2.75, 3.05) is 0 Å². The van der Waals surface area contributed by atoms with E-state index in [9.17, 15) is 9.50 Å². The largest absolute Gasteiger partial charge is 0.389 e. The first kappa shape index (κ1) is 10.4. The van der Waals surface area contributed by atoms with Gasteiger partial charge in [-0.15, -0.1) is 0 Å². The van der Waals surface area contributed by atoms with E-state index in [1.165, 1.54) is 11.6 Å². The molecule has 1 aromatic rings. The Hall–Kier alpha value is -1.15. The molecule has 0 aromatic heterocycles. The maximum Gasteiger partial charge on any atom is 0.123 e. The van der Waals surface area contributed by atoms with Crippen molar-refractivity contribution in [2.45, 2.75) is 31.8 Å². The molecule has 1 unspecified atom stereocenters. The lowest BCUT2D eigenvalue weighted by Crippen LogP contribution is -2.10. The number of hydrogen-bond donors (Lipinski definition) is 1. The molecule has 0 amide bonds. The number of benzene rings is 1. The molecule has 0 bridgehead atoms. The van der Waals surface area contributed by atoms with E-state index >= 15 is 0 Å². The number of halogens is 1. The first-order valence-corrected chi connectivity index (χ1v) is 5.36. The van der Waals surface area contributed by atoms with Crippen LogP contribution in [-0.2, 0) is 6.42 Å². The van der Waals surface area contributed by atoms with Gasteiger partial charge in [-0.05, 0) is 43.4 Å². The first-order chi connectivity index (χ1) is 7.24. The van der Waals surface area contributed by atoms with Crippen LogP contribution in [-0.4, -0.2) is 11.2 Å². The summed E-state index contributed by atoms with van der Waals surface area (Å²) in [7, 11) is 0. The van der Waals surface area contributed by atoms with Crippen LogP contribution in [0.1, 0.15) is 24.8 Å². The first-order valence-electron chi connectivity index (χ1n) is 5.36. The standard InChI is InChI=1S/C13H15FO/c14-12-5-1-3-10(8-12)7-11-4-2-6-13(15)9-11/h1,3,5,8-9,13,15H,2,4,6-7H2. The Balaban J connectivity index is 2.08. The summed E-state index contributed by atoms with van der Waals surface area (Å²) in [4.78, 5) is 0. The van der Waals surface area contributed by atoms with Crippen molar-refractivity contribution >= 4 is 0 Å². The van der Waals surface area contributed by atoms with Gasteiger partial charge in [0.05, 0.1) is 6.10 Å². The van der Waals surface area contributed by atoms with Crippen LogP contribution >= 0.6 is 0 Å². The Morgan fingerprint density at radius 3 is 3.00 bits per heavy atom. The van der Waals surface area contributed by atoms with E-state index in [0.717, 1.165) is 31.2 Å². The minimum Gasteiger partial charge on any atom is -0.389 e. The Bertz CT molecular complexity index is 371. The normalized spacial score (nSPS) is 21.2. The summed E-state index contributed by atoms with van der Waals surface area (Å²) < 4.78 is 12.9. The molecule has 0 fully saturated rings. The molecule has 0 heterocycles. The minimum absolute atomic E-state index is 0.190. The number of rotatable bonds is 2. The molecule has 2 rings (SSSR count). The van der Waals surface area contributed by atoms with E-state index in [-0.39, 0.29) is 11.9 Å². The number of aliphatic hydroxyl groups excluding tert-OH is 1. The zero-order chi connectivity index (χ0) is 10.7. The Labute approximate surface area is 89.3 Å². The summed E-state index contributed by atoms with van der Waals surface area (Å²) in [6, 6.07) is 6.66. The molecule has 1 aromatic carbocycles. The number of allylic oxidation sites excluding steroid dienone is 1. The topological polar surface area (TPSA) is 20.2 Å².